The highest BCUT2D eigenvalue weighted by Gasteiger charge is 2.16. The highest BCUT2D eigenvalue weighted by Crippen LogP contribution is 2.29. The van der Waals surface area contributed by atoms with Crippen LogP contribution in [0.4, 0.5) is 8.78 Å². The molecule has 1 N–H and O–H groups in total. The molecule has 1 aromatic carbocycles. The maximum atomic E-state index is 12.6. The number of nitrogens with one attached hydrogen (secondary N) is 1. The van der Waals surface area contributed by atoms with Crippen LogP contribution in [0.1, 0.15) is 12.0 Å². The first kappa shape index (κ1) is 8.86. The zero-order valence-electron chi connectivity index (χ0n) is 6.39. The molecule has 2 nitrogen and oxygen atoms in total. The topological polar surface area (TPSA) is 28.7 Å². The monoisotopic (exact) mass is 294 g/mol. The van der Waals surface area contributed by atoms with Gasteiger partial charge in [-0.25, -0.2) is 13.8 Å². The first-order valence-corrected chi connectivity index (χ1v) is 4.67. The number of imidazole rings is 1. The average Bonchev–Trinajstić information content (AvgIpc) is 2.50. The molecule has 13 heavy (non-hydrogen) atoms. The van der Waals surface area contributed by atoms with Crippen molar-refractivity contribution in [3.05, 3.63) is 27.6 Å². The fourth-order valence-electron chi connectivity index (χ4n) is 1.21. The lowest BCUT2D eigenvalue weighted by molar-refractivity contribution is 0.152. The summed E-state index contributed by atoms with van der Waals surface area (Å²) < 4.78 is 25.7. The molecule has 0 saturated heterocycles. The van der Waals surface area contributed by atoms with Crippen molar-refractivity contribution in [2.45, 2.75) is 6.43 Å². The van der Waals surface area contributed by atoms with Gasteiger partial charge in [0, 0.05) is 3.57 Å². The van der Waals surface area contributed by atoms with Gasteiger partial charge in [0.2, 0.25) is 0 Å². The first-order chi connectivity index (χ1) is 6.20. The van der Waals surface area contributed by atoms with E-state index in [0.717, 1.165) is 0 Å². The van der Waals surface area contributed by atoms with E-state index in [2.05, 4.69) is 9.97 Å². The van der Waals surface area contributed by atoms with Crippen LogP contribution in [0, 0.1) is 3.57 Å². The van der Waals surface area contributed by atoms with Gasteiger partial charge in [0.25, 0.3) is 6.43 Å². The van der Waals surface area contributed by atoms with Crippen LogP contribution < -0.4 is 0 Å². The van der Waals surface area contributed by atoms with E-state index in [1.165, 1.54) is 6.33 Å². The van der Waals surface area contributed by atoms with Gasteiger partial charge in [0.05, 0.1) is 22.9 Å². The molecule has 2 aromatic rings. The summed E-state index contributed by atoms with van der Waals surface area (Å²) in [5.41, 5.74) is 1.02. The van der Waals surface area contributed by atoms with Crippen LogP contribution in [-0.2, 0) is 0 Å². The Morgan fingerprint density at radius 3 is 2.85 bits per heavy atom. The smallest absolute Gasteiger partial charge is 0.267 e. The van der Waals surface area contributed by atoms with Crippen LogP contribution in [-0.4, -0.2) is 9.97 Å². The number of halogens is 3. The number of aromatic nitrogens is 2. The van der Waals surface area contributed by atoms with E-state index in [1.54, 1.807) is 12.1 Å². The highest BCUT2D eigenvalue weighted by atomic mass is 127. The zero-order valence-corrected chi connectivity index (χ0v) is 8.55. The highest BCUT2D eigenvalue weighted by molar-refractivity contribution is 14.1. The Labute approximate surface area is 86.5 Å². The lowest BCUT2D eigenvalue weighted by Gasteiger charge is -2.02. The number of nitrogens with zero attached hydrogens (tertiary/aromatic N) is 1. The van der Waals surface area contributed by atoms with Gasteiger partial charge < -0.3 is 4.98 Å². The minimum Gasteiger partial charge on any atom is -0.345 e. The van der Waals surface area contributed by atoms with Crippen LogP contribution in [0.3, 0.4) is 0 Å². The van der Waals surface area contributed by atoms with Crippen LogP contribution >= 0.6 is 22.6 Å². The molecule has 0 aliphatic rings. The Bertz CT molecular complexity index is 439. The predicted octanol–water partition coefficient (Wildman–Crippen LogP) is 3.11. The maximum absolute atomic E-state index is 12.6. The third kappa shape index (κ3) is 1.41. The maximum Gasteiger partial charge on any atom is 0.267 e. The SMILES string of the molecule is FC(F)c1c(I)ccc2[nH]cnc12. The fraction of sp³-hybridized carbons (Fsp3) is 0.125. The van der Waals surface area contributed by atoms with Gasteiger partial charge in [0.15, 0.2) is 0 Å². The largest absolute Gasteiger partial charge is 0.345 e. The van der Waals surface area contributed by atoms with Crippen molar-refractivity contribution in [1.82, 2.24) is 9.97 Å². The summed E-state index contributed by atoms with van der Waals surface area (Å²) in [5.74, 6) is 0. The van der Waals surface area contributed by atoms with Crippen molar-refractivity contribution < 1.29 is 8.78 Å². The summed E-state index contributed by atoms with van der Waals surface area (Å²) in [4.78, 5) is 6.65. The van der Waals surface area contributed by atoms with Crippen molar-refractivity contribution in [3.63, 3.8) is 0 Å². The van der Waals surface area contributed by atoms with E-state index >= 15 is 0 Å². The predicted molar refractivity (Wildman–Crippen MR) is 53.8 cm³/mol. The first-order valence-electron chi connectivity index (χ1n) is 3.60. The minimum atomic E-state index is -2.47. The fourth-order valence-corrected chi connectivity index (χ4v) is 1.88. The van der Waals surface area contributed by atoms with Crippen LogP contribution in [0.2, 0.25) is 0 Å². The Kier molecular flexibility index (Phi) is 2.19. The number of benzene rings is 1. The molecule has 2 rings (SSSR count). The van der Waals surface area contributed by atoms with E-state index in [0.29, 0.717) is 14.6 Å². The Morgan fingerprint density at radius 2 is 2.15 bits per heavy atom. The van der Waals surface area contributed by atoms with Crippen LogP contribution in [0.15, 0.2) is 18.5 Å². The number of hydrogen-bond acceptors (Lipinski definition) is 1. The molecule has 0 saturated carbocycles. The van der Waals surface area contributed by atoms with Gasteiger partial charge in [-0.3, -0.25) is 0 Å². The number of alkyl halides is 2. The molecule has 0 unspecified atom stereocenters. The molecule has 0 bridgehead atoms. The number of fused-ring (bicyclic) bond motifs is 1. The van der Waals surface area contributed by atoms with Crippen LogP contribution in [0.25, 0.3) is 11.0 Å². The third-order valence-corrected chi connectivity index (χ3v) is 2.74. The summed E-state index contributed by atoms with van der Waals surface area (Å²) >= 11 is 1.89. The van der Waals surface area contributed by atoms with Gasteiger partial charge in [-0.1, -0.05) is 0 Å². The normalized spacial score (nSPS) is 11.4. The zero-order chi connectivity index (χ0) is 9.42. The molecule has 0 fully saturated rings. The van der Waals surface area contributed by atoms with Crippen molar-refractivity contribution >= 4 is 33.6 Å². The Hall–Kier alpha value is -0.720. The minimum absolute atomic E-state index is 0.0133. The summed E-state index contributed by atoms with van der Waals surface area (Å²) in [6.07, 6.45) is -1.05. The molecular weight excluding hydrogens is 289 g/mol. The summed E-state index contributed by atoms with van der Waals surface area (Å²) in [7, 11) is 0. The second-order valence-electron chi connectivity index (χ2n) is 2.56. The molecule has 0 aliphatic carbocycles. The van der Waals surface area contributed by atoms with Crippen molar-refractivity contribution in [2.24, 2.45) is 0 Å². The number of aromatic amines is 1. The van der Waals surface area contributed by atoms with Gasteiger partial charge >= 0.3 is 0 Å². The second-order valence-corrected chi connectivity index (χ2v) is 3.72. The average molecular weight is 294 g/mol. The standard InChI is InChI=1S/C8H5F2IN2/c9-8(10)6-4(11)1-2-5-7(6)13-3-12-5/h1-3,8H,(H,12,13). The van der Waals surface area contributed by atoms with Gasteiger partial charge in [-0.15, -0.1) is 0 Å². The molecular formula is C8H5F2IN2. The number of rotatable bonds is 1. The van der Waals surface area contributed by atoms with E-state index in [9.17, 15) is 8.78 Å². The Balaban J connectivity index is 2.80. The van der Waals surface area contributed by atoms with E-state index < -0.39 is 6.43 Å². The molecule has 0 amide bonds. The van der Waals surface area contributed by atoms with E-state index in [-0.39, 0.29) is 5.56 Å². The van der Waals surface area contributed by atoms with Gasteiger partial charge in [-0.2, -0.15) is 0 Å². The molecule has 1 heterocycles. The lowest BCUT2D eigenvalue weighted by Crippen LogP contribution is -1.90. The number of hydrogen-bond donors (Lipinski definition) is 1. The molecule has 1 aromatic heterocycles. The van der Waals surface area contributed by atoms with E-state index in [4.69, 9.17) is 0 Å². The summed E-state index contributed by atoms with van der Waals surface area (Å²) in [6.45, 7) is 0. The molecule has 0 spiro atoms. The van der Waals surface area contributed by atoms with Gasteiger partial charge in [0.1, 0.15) is 0 Å². The molecule has 0 atom stereocenters. The Morgan fingerprint density at radius 1 is 1.38 bits per heavy atom. The van der Waals surface area contributed by atoms with Gasteiger partial charge in [-0.05, 0) is 34.7 Å². The van der Waals surface area contributed by atoms with Crippen molar-refractivity contribution in [3.8, 4) is 0 Å². The summed E-state index contributed by atoms with van der Waals surface area (Å²) in [5, 5.41) is 0. The third-order valence-electron chi connectivity index (χ3n) is 1.80. The van der Waals surface area contributed by atoms with Crippen molar-refractivity contribution in [2.75, 3.05) is 0 Å². The molecule has 68 valence electrons. The molecule has 0 radical (unpaired) electrons. The number of H-pyrrole nitrogens is 1. The van der Waals surface area contributed by atoms with Crippen molar-refractivity contribution in [1.29, 1.82) is 0 Å². The summed E-state index contributed by atoms with van der Waals surface area (Å²) in [6, 6.07) is 3.40. The molecule has 5 heteroatoms. The van der Waals surface area contributed by atoms with Crippen LogP contribution in [0.5, 0.6) is 0 Å². The second kappa shape index (κ2) is 3.21. The quantitative estimate of drug-likeness (QED) is 0.804. The van der Waals surface area contributed by atoms with E-state index in [1.807, 2.05) is 22.6 Å². The lowest BCUT2D eigenvalue weighted by atomic mass is 10.2. The molecule has 0 aliphatic heterocycles.